The van der Waals surface area contributed by atoms with Crippen molar-refractivity contribution >= 4 is 12.4 Å². The summed E-state index contributed by atoms with van der Waals surface area (Å²) in [5, 5.41) is 0. The maximum Gasteiger partial charge on any atom is 0.147 e. The minimum atomic E-state index is -0.193. The first kappa shape index (κ1) is 11.7. The van der Waals surface area contributed by atoms with Gasteiger partial charge in [-0.3, -0.25) is 0 Å². The third-order valence-electron chi connectivity index (χ3n) is 3.45. The second kappa shape index (κ2) is 5.11. The molecule has 1 aliphatic rings. The summed E-state index contributed by atoms with van der Waals surface area (Å²) in [6.45, 7) is 0.745. The zero-order chi connectivity index (χ0) is 13.1. The number of fused-ring (bicyclic) bond motifs is 1. The molecule has 0 fully saturated rings. The normalized spacial score (nSPS) is 17.1. The molecule has 2 heteroatoms. The monoisotopic (exact) mass is 249 g/mol. The lowest BCUT2D eigenvalue weighted by Gasteiger charge is -2.31. The van der Waals surface area contributed by atoms with E-state index >= 15 is 0 Å². The first-order valence-electron chi connectivity index (χ1n) is 6.40. The number of aldehydes is 1. The Morgan fingerprint density at radius 3 is 2.53 bits per heavy atom. The Bertz CT molecular complexity index is 604. The van der Waals surface area contributed by atoms with Gasteiger partial charge in [-0.1, -0.05) is 54.6 Å². The van der Waals surface area contributed by atoms with E-state index in [0.717, 1.165) is 24.0 Å². The Morgan fingerprint density at radius 1 is 1.00 bits per heavy atom. The van der Waals surface area contributed by atoms with E-state index in [9.17, 15) is 4.79 Å². The molecule has 0 amide bonds. The molecule has 2 aromatic rings. The van der Waals surface area contributed by atoms with Gasteiger partial charge in [0.05, 0.1) is 0 Å². The number of hydrogen-bond acceptors (Lipinski definition) is 2. The van der Waals surface area contributed by atoms with Crippen LogP contribution in [0.25, 0.3) is 6.08 Å². The Balaban J connectivity index is 1.90. The third-order valence-corrected chi connectivity index (χ3v) is 3.45. The van der Waals surface area contributed by atoms with Crippen molar-refractivity contribution in [3.8, 4) is 0 Å². The summed E-state index contributed by atoms with van der Waals surface area (Å²) in [5.41, 5.74) is 3.42. The van der Waals surface area contributed by atoms with Crippen molar-refractivity contribution in [2.24, 2.45) is 0 Å². The average Bonchev–Trinajstić information content (AvgIpc) is 2.48. The molecular formula is C17H15NO. The predicted octanol–water partition coefficient (Wildman–Crippen LogP) is 3.41. The molecule has 0 radical (unpaired) electrons. The fourth-order valence-corrected chi connectivity index (χ4v) is 2.48. The van der Waals surface area contributed by atoms with Crippen molar-refractivity contribution in [3.05, 3.63) is 77.5 Å². The molecule has 0 aliphatic carbocycles. The standard InChI is InChI=1S/C17H15NO/c19-13-17-16-9-5-4-8-15(16)10-11-18(17)12-14-6-2-1-3-7-14/h1-11,13,17H,12H2. The molecule has 94 valence electrons. The van der Waals surface area contributed by atoms with Crippen LogP contribution in [0.3, 0.4) is 0 Å². The molecule has 3 rings (SSSR count). The van der Waals surface area contributed by atoms with Crippen LogP contribution in [-0.2, 0) is 11.3 Å². The lowest BCUT2D eigenvalue weighted by molar-refractivity contribution is -0.112. The minimum Gasteiger partial charge on any atom is -0.359 e. The van der Waals surface area contributed by atoms with Crippen LogP contribution in [0, 0.1) is 0 Å². The van der Waals surface area contributed by atoms with Crippen LogP contribution >= 0.6 is 0 Å². The van der Waals surface area contributed by atoms with E-state index in [1.54, 1.807) is 0 Å². The molecule has 0 bridgehead atoms. The third kappa shape index (κ3) is 2.29. The summed E-state index contributed by atoms with van der Waals surface area (Å²) in [4.78, 5) is 13.5. The average molecular weight is 249 g/mol. The van der Waals surface area contributed by atoms with Crippen molar-refractivity contribution in [2.75, 3.05) is 0 Å². The van der Waals surface area contributed by atoms with Gasteiger partial charge in [0, 0.05) is 12.7 Å². The number of nitrogens with zero attached hydrogens (tertiary/aromatic N) is 1. The zero-order valence-electron chi connectivity index (χ0n) is 10.6. The van der Waals surface area contributed by atoms with Gasteiger partial charge in [-0.2, -0.15) is 0 Å². The van der Waals surface area contributed by atoms with Gasteiger partial charge in [0.1, 0.15) is 12.3 Å². The molecule has 2 nitrogen and oxygen atoms in total. The summed E-state index contributed by atoms with van der Waals surface area (Å²) in [7, 11) is 0. The van der Waals surface area contributed by atoms with Crippen molar-refractivity contribution in [1.29, 1.82) is 0 Å². The number of carbonyl (C=O) groups is 1. The molecule has 0 saturated heterocycles. The van der Waals surface area contributed by atoms with Gasteiger partial charge in [0.25, 0.3) is 0 Å². The van der Waals surface area contributed by atoms with E-state index in [2.05, 4.69) is 23.1 Å². The first-order chi connectivity index (χ1) is 9.38. The largest absolute Gasteiger partial charge is 0.359 e. The second-order valence-electron chi connectivity index (χ2n) is 4.68. The van der Waals surface area contributed by atoms with E-state index in [0.29, 0.717) is 0 Å². The number of benzene rings is 2. The van der Waals surface area contributed by atoms with E-state index in [4.69, 9.17) is 0 Å². The molecular weight excluding hydrogens is 234 g/mol. The highest BCUT2D eigenvalue weighted by Gasteiger charge is 2.22. The quantitative estimate of drug-likeness (QED) is 0.777. The Morgan fingerprint density at radius 2 is 1.74 bits per heavy atom. The molecule has 1 aliphatic heterocycles. The maximum atomic E-state index is 11.4. The smallest absolute Gasteiger partial charge is 0.147 e. The van der Waals surface area contributed by atoms with E-state index in [1.165, 1.54) is 5.56 Å². The molecule has 1 heterocycles. The van der Waals surface area contributed by atoms with Crippen LogP contribution in [0.5, 0.6) is 0 Å². The highest BCUT2D eigenvalue weighted by atomic mass is 16.1. The summed E-state index contributed by atoms with van der Waals surface area (Å²) in [5.74, 6) is 0. The Labute approximate surface area is 113 Å². The molecule has 0 aromatic heterocycles. The molecule has 0 N–H and O–H groups in total. The Kier molecular flexibility index (Phi) is 3.15. The number of rotatable bonds is 3. The van der Waals surface area contributed by atoms with Gasteiger partial charge in [-0.25, -0.2) is 0 Å². The molecule has 0 saturated carbocycles. The van der Waals surface area contributed by atoms with Crippen LogP contribution in [0.1, 0.15) is 22.7 Å². The van der Waals surface area contributed by atoms with Crippen LogP contribution in [-0.4, -0.2) is 11.2 Å². The molecule has 19 heavy (non-hydrogen) atoms. The van der Waals surface area contributed by atoms with E-state index in [-0.39, 0.29) is 6.04 Å². The lowest BCUT2D eigenvalue weighted by atomic mass is 9.96. The topological polar surface area (TPSA) is 20.3 Å². The van der Waals surface area contributed by atoms with Gasteiger partial charge >= 0.3 is 0 Å². The summed E-state index contributed by atoms with van der Waals surface area (Å²) >= 11 is 0. The highest BCUT2D eigenvalue weighted by Crippen LogP contribution is 2.29. The van der Waals surface area contributed by atoms with Gasteiger partial charge in [-0.15, -0.1) is 0 Å². The summed E-state index contributed by atoms with van der Waals surface area (Å²) < 4.78 is 0. The number of carbonyl (C=O) groups excluding carboxylic acids is 1. The predicted molar refractivity (Wildman–Crippen MR) is 76.3 cm³/mol. The van der Waals surface area contributed by atoms with Crippen molar-refractivity contribution in [3.63, 3.8) is 0 Å². The lowest BCUT2D eigenvalue weighted by Crippen LogP contribution is -2.27. The molecule has 2 aromatic carbocycles. The Hall–Kier alpha value is -2.35. The van der Waals surface area contributed by atoms with Gasteiger partial charge in [0.15, 0.2) is 0 Å². The summed E-state index contributed by atoms with van der Waals surface area (Å²) in [6, 6.07) is 18.1. The van der Waals surface area contributed by atoms with Crippen molar-refractivity contribution < 1.29 is 4.79 Å². The van der Waals surface area contributed by atoms with Crippen LogP contribution in [0.4, 0.5) is 0 Å². The second-order valence-corrected chi connectivity index (χ2v) is 4.68. The maximum absolute atomic E-state index is 11.4. The number of hydrogen-bond donors (Lipinski definition) is 0. The fraction of sp³-hybridized carbons (Fsp3) is 0.118. The zero-order valence-corrected chi connectivity index (χ0v) is 10.6. The van der Waals surface area contributed by atoms with Gasteiger partial charge in [-0.05, 0) is 22.8 Å². The van der Waals surface area contributed by atoms with E-state index in [1.807, 2.05) is 48.7 Å². The fourth-order valence-electron chi connectivity index (χ4n) is 2.48. The van der Waals surface area contributed by atoms with Gasteiger partial charge < -0.3 is 9.69 Å². The van der Waals surface area contributed by atoms with Crippen molar-refractivity contribution in [2.45, 2.75) is 12.6 Å². The van der Waals surface area contributed by atoms with Crippen LogP contribution < -0.4 is 0 Å². The molecule has 1 atom stereocenters. The molecule has 1 unspecified atom stereocenters. The highest BCUT2D eigenvalue weighted by molar-refractivity contribution is 5.69. The van der Waals surface area contributed by atoms with Crippen molar-refractivity contribution in [1.82, 2.24) is 4.90 Å². The van der Waals surface area contributed by atoms with Gasteiger partial charge in [0.2, 0.25) is 0 Å². The summed E-state index contributed by atoms with van der Waals surface area (Å²) in [6.07, 6.45) is 5.10. The minimum absolute atomic E-state index is 0.193. The van der Waals surface area contributed by atoms with E-state index < -0.39 is 0 Å². The molecule has 0 spiro atoms. The first-order valence-corrected chi connectivity index (χ1v) is 6.40. The van der Waals surface area contributed by atoms with Crippen LogP contribution in [0.2, 0.25) is 0 Å². The van der Waals surface area contributed by atoms with Crippen LogP contribution in [0.15, 0.2) is 60.8 Å². The SMILES string of the molecule is O=CC1c2ccccc2C=CN1Cc1ccccc1.